The van der Waals surface area contributed by atoms with E-state index in [1.807, 2.05) is 0 Å². The molecule has 1 unspecified atom stereocenters. The predicted octanol–water partition coefficient (Wildman–Crippen LogP) is 8.06. The standard InChI is InChI=1S/C24H49O5P/c1-5-9-13-16-20-27-24(25)23(19-12-8-4)30(26,28-21-17-14-10-6-2)29-22-18-15-11-7-3/h23H,5-22H2,1-4H3. The molecule has 180 valence electrons. The molecule has 0 rings (SSSR count). The number of esters is 1. The van der Waals surface area contributed by atoms with Crippen molar-refractivity contribution in [1.29, 1.82) is 0 Å². The highest BCUT2D eigenvalue weighted by atomic mass is 31.2. The lowest BCUT2D eigenvalue weighted by Gasteiger charge is -2.26. The molecule has 0 radical (unpaired) electrons. The number of carbonyl (C=O) groups is 1. The Hall–Kier alpha value is -0.380. The van der Waals surface area contributed by atoms with Crippen LogP contribution in [-0.4, -0.2) is 31.4 Å². The van der Waals surface area contributed by atoms with Crippen LogP contribution in [0.2, 0.25) is 0 Å². The van der Waals surface area contributed by atoms with Crippen molar-refractivity contribution >= 4 is 13.6 Å². The molecule has 0 amide bonds. The Labute approximate surface area is 186 Å². The van der Waals surface area contributed by atoms with Gasteiger partial charge in [0.25, 0.3) is 0 Å². The van der Waals surface area contributed by atoms with Gasteiger partial charge in [-0.25, -0.2) is 0 Å². The van der Waals surface area contributed by atoms with Gasteiger partial charge < -0.3 is 13.8 Å². The van der Waals surface area contributed by atoms with Crippen LogP contribution in [0.25, 0.3) is 0 Å². The predicted molar refractivity (Wildman–Crippen MR) is 126 cm³/mol. The second kappa shape index (κ2) is 20.5. The summed E-state index contributed by atoms with van der Waals surface area (Å²) in [5.74, 6) is -0.412. The first kappa shape index (κ1) is 29.6. The van der Waals surface area contributed by atoms with Gasteiger partial charge in [-0.05, 0) is 25.7 Å². The van der Waals surface area contributed by atoms with E-state index in [0.717, 1.165) is 89.9 Å². The summed E-state index contributed by atoms with van der Waals surface area (Å²) in [5.41, 5.74) is -0.805. The molecular weight excluding hydrogens is 399 g/mol. The zero-order valence-electron chi connectivity index (χ0n) is 20.3. The van der Waals surface area contributed by atoms with Crippen LogP contribution in [0.1, 0.15) is 124 Å². The largest absolute Gasteiger partial charge is 0.465 e. The molecule has 0 N–H and O–H groups in total. The third-order valence-corrected chi connectivity index (χ3v) is 7.58. The van der Waals surface area contributed by atoms with E-state index >= 15 is 0 Å². The first-order chi connectivity index (χ1) is 14.6. The van der Waals surface area contributed by atoms with Crippen LogP contribution in [0, 0.1) is 0 Å². The topological polar surface area (TPSA) is 61.8 Å². The highest BCUT2D eigenvalue weighted by molar-refractivity contribution is 7.55. The molecule has 30 heavy (non-hydrogen) atoms. The fourth-order valence-corrected chi connectivity index (χ4v) is 5.29. The summed E-state index contributed by atoms with van der Waals surface area (Å²) in [7, 11) is -3.55. The van der Waals surface area contributed by atoms with Crippen molar-refractivity contribution in [3.63, 3.8) is 0 Å². The molecule has 1 atom stereocenters. The van der Waals surface area contributed by atoms with E-state index in [1.165, 1.54) is 0 Å². The molecule has 0 saturated heterocycles. The van der Waals surface area contributed by atoms with Crippen molar-refractivity contribution in [1.82, 2.24) is 0 Å². The van der Waals surface area contributed by atoms with E-state index in [9.17, 15) is 9.36 Å². The number of hydrogen-bond acceptors (Lipinski definition) is 5. The Kier molecular flexibility index (Phi) is 20.3. The Morgan fingerprint density at radius 3 is 1.50 bits per heavy atom. The summed E-state index contributed by atoms with van der Waals surface area (Å²) in [6.45, 7) is 9.66. The molecule has 0 aliphatic rings. The maximum atomic E-state index is 13.7. The number of rotatable bonds is 22. The lowest BCUT2D eigenvalue weighted by Crippen LogP contribution is -2.26. The van der Waals surface area contributed by atoms with E-state index < -0.39 is 19.2 Å². The maximum absolute atomic E-state index is 13.7. The van der Waals surface area contributed by atoms with Crippen molar-refractivity contribution in [2.45, 2.75) is 130 Å². The normalized spacial score (nSPS) is 12.8. The Balaban J connectivity index is 4.99. The second-order valence-electron chi connectivity index (χ2n) is 8.21. The van der Waals surface area contributed by atoms with Crippen LogP contribution >= 0.6 is 7.60 Å². The van der Waals surface area contributed by atoms with Gasteiger partial charge in [-0.3, -0.25) is 9.36 Å². The lowest BCUT2D eigenvalue weighted by molar-refractivity contribution is -0.144. The van der Waals surface area contributed by atoms with Gasteiger partial charge in [0, 0.05) is 0 Å². The Morgan fingerprint density at radius 2 is 1.07 bits per heavy atom. The quantitative estimate of drug-likeness (QED) is 0.0952. The minimum Gasteiger partial charge on any atom is -0.465 e. The molecule has 0 spiro atoms. The van der Waals surface area contributed by atoms with Gasteiger partial charge in [0.15, 0.2) is 5.66 Å². The van der Waals surface area contributed by atoms with Gasteiger partial charge in [0.05, 0.1) is 19.8 Å². The van der Waals surface area contributed by atoms with Crippen molar-refractivity contribution in [2.75, 3.05) is 19.8 Å². The van der Waals surface area contributed by atoms with Crippen LogP contribution in [-0.2, 0) is 23.1 Å². The SMILES string of the molecule is CCCCCCOC(=O)C(CCCC)P(=O)(OCCCCCC)OCCCCCC. The molecule has 0 saturated carbocycles. The molecular formula is C24H49O5P. The van der Waals surface area contributed by atoms with Crippen LogP contribution in [0.15, 0.2) is 0 Å². The summed E-state index contributed by atoms with van der Waals surface area (Å²) in [5, 5.41) is 0. The molecule has 0 aliphatic heterocycles. The third kappa shape index (κ3) is 14.6. The van der Waals surface area contributed by atoms with Crippen LogP contribution in [0.3, 0.4) is 0 Å². The van der Waals surface area contributed by atoms with Gasteiger partial charge in [-0.15, -0.1) is 0 Å². The average Bonchev–Trinajstić information content (AvgIpc) is 2.73. The van der Waals surface area contributed by atoms with Gasteiger partial charge in [-0.2, -0.15) is 0 Å². The zero-order chi connectivity index (χ0) is 22.5. The van der Waals surface area contributed by atoms with Crippen molar-refractivity contribution in [2.24, 2.45) is 0 Å². The number of carbonyl (C=O) groups excluding carboxylic acids is 1. The van der Waals surface area contributed by atoms with Gasteiger partial charge in [-0.1, -0.05) is 98.3 Å². The average molecular weight is 449 g/mol. The van der Waals surface area contributed by atoms with Crippen molar-refractivity contribution in [3.05, 3.63) is 0 Å². The highest BCUT2D eigenvalue weighted by Gasteiger charge is 2.42. The van der Waals surface area contributed by atoms with Crippen LogP contribution in [0.4, 0.5) is 0 Å². The third-order valence-electron chi connectivity index (χ3n) is 5.27. The minimum atomic E-state index is -3.55. The van der Waals surface area contributed by atoms with E-state index in [-0.39, 0.29) is 0 Å². The monoisotopic (exact) mass is 448 g/mol. The maximum Gasteiger partial charge on any atom is 0.344 e. The smallest absolute Gasteiger partial charge is 0.344 e. The van der Waals surface area contributed by atoms with E-state index in [1.54, 1.807) is 0 Å². The van der Waals surface area contributed by atoms with E-state index in [4.69, 9.17) is 13.8 Å². The minimum absolute atomic E-state index is 0.374. The van der Waals surface area contributed by atoms with E-state index in [0.29, 0.717) is 26.2 Å². The Bertz CT molecular complexity index is 423. The molecule has 0 fully saturated rings. The van der Waals surface area contributed by atoms with Crippen molar-refractivity contribution in [3.8, 4) is 0 Å². The summed E-state index contributed by atoms with van der Waals surface area (Å²) in [6, 6.07) is 0. The first-order valence-corrected chi connectivity index (χ1v) is 14.2. The highest BCUT2D eigenvalue weighted by Crippen LogP contribution is 2.55. The molecule has 0 bridgehead atoms. The van der Waals surface area contributed by atoms with Gasteiger partial charge in [0.1, 0.15) is 0 Å². The summed E-state index contributed by atoms with van der Waals surface area (Å²) in [6.07, 6.45) is 14.7. The second-order valence-corrected chi connectivity index (χ2v) is 10.4. The van der Waals surface area contributed by atoms with Gasteiger partial charge >= 0.3 is 13.6 Å². The Morgan fingerprint density at radius 1 is 0.633 bits per heavy atom. The summed E-state index contributed by atoms with van der Waals surface area (Å²) < 4.78 is 30.9. The molecule has 0 aromatic carbocycles. The van der Waals surface area contributed by atoms with Gasteiger partial charge in [0.2, 0.25) is 0 Å². The van der Waals surface area contributed by atoms with E-state index in [2.05, 4.69) is 27.7 Å². The first-order valence-electron chi connectivity index (χ1n) is 12.6. The number of ether oxygens (including phenoxy) is 1. The van der Waals surface area contributed by atoms with Crippen molar-refractivity contribution < 1.29 is 23.1 Å². The number of unbranched alkanes of at least 4 members (excludes halogenated alkanes) is 10. The van der Waals surface area contributed by atoms with Crippen LogP contribution in [0.5, 0.6) is 0 Å². The molecule has 0 aromatic heterocycles. The summed E-state index contributed by atoms with van der Waals surface area (Å²) in [4.78, 5) is 12.8. The molecule has 0 aromatic rings. The fraction of sp³-hybridized carbons (Fsp3) is 0.958. The molecule has 5 nitrogen and oxygen atoms in total. The zero-order valence-corrected chi connectivity index (χ0v) is 21.2. The summed E-state index contributed by atoms with van der Waals surface area (Å²) >= 11 is 0. The molecule has 6 heteroatoms. The van der Waals surface area contributed by atoms with Crippen LogP contribution < -0.4 is 0 Å². The lowest BCUT2D eigenvalue weighted by atomic mass is 10.2. The molecule has 0 aliphatic carbocycles. The number of hydrogen-bond donors (Lipinski definition) is 0. The fourth-order valence-electron chi connectivity index (χ4n) is 3.26. The molecule has 0 heterocycles.